The summed E-state index contributed by atoms with van der Waals surface area (Å²) < 4.78 is 0. The SMILES string of the molecule is CC(C)(C)NCc1ccc(C#N)cc1. The summed E-state index contributed by atoms with van der Waals surface area (Å²) in [6.45, 7) is 7.25. The number of nitrogens with zero attached hydrogens (tertiary/aromatic N) is 1. The summed E-state index contributed by atoms with van der Waals surface area (Å²) in [7, 11) is 0. The molecule has 0 amide bonds. The van der Waals surface area contributed by atoms with E-state index in [-0.39, 0.29) is 5.54 Å². The van der Waals surface area contributed by atoms with Crippen LogP contribution in [0.15, 0.2) is 24.3 Å². The number of benzene rings is 1. The molecule has 1 rings (SSSR count). The lowest BCUT2D eigenvalue weighted by molar-refractivity contribution is 0.424. The van der Waals surface area contributed by atoms with E-state index >= 15 is 0 Å². The minimum atomic E-state index is 0.133. The molecule has 0 aliphatic heterocycles. The highest BCUT2D eigenvalue weighted by atomic mass is 14.9. The van der Waals surface area contributed by atoms with E-state index in [1.807, 2.05) is 24.3 Å². The van der Waals surface area contributed by atoms with Crippen molar-refractivity contribution in [1.82, 2.24) is 5.32 Å². The van der Waals surface area contributed by atoms with Crippen molar-refractivity contribution < 1.29 is 0 Å². The first kappa shape index (κ1) is 10.7. The van der Waals surface area contributed by atoms with Crippen LogP contribution >= 0.6 is 0 Å². The predicted octanol–water partition coefficient (Wildman–Crippen LogP) is 2.45. The van der Waals surface area contributed by atoms with E-state index in [0.717, 1.165) is 6.54 Å². The minimum absolute atomic E-state index is 0.133. The smallest absolute Gasteiger partial charge is 0.0991 e. The summed E-state index contributed by atoms with van der Waals surface area (Å²) in [4.78, 5) is 0. The van der Waals surface area contributed by atoms with E-state index in [9.17, 15) is 0 Å². The maximum absolute atomic E-state index is 8.62. The molecule has 0 radical (unpaired) electrons. The standard InChI is InChI=1S/C12H16N2/c1-12(2,3)14-9-11-6-4-10(8-13)5-7-11/h4-7,14H,9H2,1-3H3. The number of hydrogen-bond donors (Lipinski definition) is 1. The van der Waals surface area contributed by atoms with Gasteiger partial charge in [-0.1, -0.05) is 12.1 Å². The maximum Gasteiger partial charge on any atom is 0.0991 e. The largest absolute Gasteiger partial charge is 0.308 e. The van der Waals surface area contributed by atoms with Gasteiger partial charge in [0, 0.05) is 12.1 Å². The Hall–Kier alpha value is -1.33. The zero-order valence-corrected chi connectivity index (χ0v) is 8.96. The fourth-order valence-corrected chi connectivity index (χ4v) is 1.06. The molecular formula is C12H16N2. The maximum atomic E-state index is 8.62. The molecule has 0 spiro atoms. The molecule has 0 saturated carbocycles. The van der Waals surface area contributed by atoms with Crippen molar-refractivity contribution in [2.24, 2.45) is 0 Å². The average molecular weight is 188 g/mol. The van der Waals surface area contributed by atoms with Gasteiger partial charge in [0.2, 0.25) is 0 Å². The molecule has 1 N–H and O–H groups in total. The first-order chi connectivity index (χ1) is 6.51. The minimum Gasteiger partial charge on any atom is -0.308 e. The normalized spacial score (nSPS) is 11.0. The van der Waals surface area contributed by atoms with E-state index in [1.54, 1.807) is 0 Å². The van der Waals surface area contributed by atoms with E-state index < -0.39 is 0 Å². The third-order valence-corrected chi connectivity index (χ3v) is 1.91. The second-order valence-electron chi connectivity index (χ2n) is 4.41. The Bertz CT molecular complexity index is 325. The van der Waals surface area contributed by atoms with Gasteiger partial charge >= 0.3 is 0 Å². The molecule has 0 bridgehead atoms. The van der Waals surface area contributed by atoms with Crippen molar-refractivity contribution in [2.45, 2.75) is 32.9 Å². The third-order valence-electron chi connectivity index (χ3n) is 1.91. The van der Waals surface area contributed by atoms with Gasteiger partial charge in [-0.15, -0.1) is 0 Å². The molecule has 0 saturated heterocycles. The summed E-state index contributed by atoms with van der Waals surface area (Å²) in [6, 6.07) is 9.77. The Balaban J connectivity index is 2.58. The molecule has 0 heterocycles. The molecule has 0 unspecified atom stereocenters. The summed E-state index contributed by atoms with van der Waals surface area (Å²) in [5, 5.41) is 12.0. The molecule has 74 valence electrons. The topological polar surface area (TPSA) is 35.8 Å². The van der Waals surface area contributed by atoms with Gasteiger partial charge < -0.3 is 5.32 Å². The quantitative estimate of drug-likeness (QED) is 0.773. The van der Waals surface area contributed by atoms with Gasteiger partial charge in [0.15, 0.2) is 0 Å². The fourth-order valence-electron chi connectivity index (χ4n) is 1.06. The first-order valence-electron chi connectivity index (χ1n) is 4.75. The highest BCUT2D eigenvalue weighted by Crippen LogP contribution is 2.06. The Morgan fingerprint density at radius 1 is 1.21 bits per heavy atom. The lowest BCUT2D eigenvalue weighted by atomic mass is 10.1. The molecule has 0 aliphatic carbocycles. The predicted molar refractivity (Wildman–Crippen MR) is 57.7 cm³/mol. The molecule has 2 nitrogen and oxygen atoms in total. The van der Waals surface area contributed by atoms with Crippen LogP contribution in [0.2, 0.25) is 0 Å². The van der Waals surface area contributed by atoms with Crippen molar-refractivity contribution in [1.29, 1.82) is 5.26 Å². The lowest BCUT2D eigenvalue weighted by Crippen LogP contribution is -2.35. The number of nitrogens with one attached hydrogen (secondary N) is 1. The van der Waals surface area contributed by atoms with E-state index in [1.165, 1.54) is 5.56 Å². The fraction of sp³-hybridized carbons (Fsp3) is 0.417. The molecule has 14 heavy (non-hydrogen) atoms. The van der Waals surface area contributed by atoms with Gasteiger partial charge in [0.05, 0.1) is 11.6 Å². The van der Waals surface area contributed by atoms with Crippen LogP contribution < -0.4 is 5.32 Å². The summed E-state index contributed by atoms with van der Waals surface area (Å²) >= 11 is 0. The van der Waals surface area contributed by atoms with Gasteiger partial charge in [-0.2, -0.15) is 5.26 Å². The highest BCUT2D eigenvalue weighted by Gasteiger charge is 2.07. The van der Waals surface area contributed by atoms with Crippen LogP contribution in [-0.2, 0) is 6.54 Å². The monoisotopic (exact) mass is 188 g/mol. The van der Waals surface area contributed by atoms with Crippen LogP contribution in [0.25, 0.3) is 0 Å². The van der Waals surface area contributed by atoms with Crippen LogP contribution in [0.4, 0.5) is 0 Å². The van der Waals surface area contributed by atoms with Gasteiger partial charge in [-0.05, 0) is 38.5 Å². The van der Waals surface area contributed by atoms with Crippen LogP contribution in [-0.4, -0.2) is 5.54 Å². The van der Waals surface area contributed by atoms with Crippen molar-refractivity contribution in [3.8, 4) is 6.07 Å². The van der Waals surface area contributed by atoms with Crippen molar-refractivity contribution in [3.63, 3.8) is 0 Å². The summed E-state index contributed by atoms with van der Waals surface area (Å²) in [6.07, 6.45) is 0. The highest BCUT2D eigenvalue weighted by molar-refractivity contribution is 5.31. The first-order valence-corrected chi connectivity index (χ1v) is 4.75. The molecule has 2 heteroatoms. The number of nitriles is 1. The molecule has 0 atom stereocenters. The van der Waals surface area contributed by atoms with Crippen LogP contribution in [0.1, 0.15) is 31.9 Å². The number of rotatable bonds is 2. The van der Waals surface area contributed by atoms with E-state index in [0.29, 0.717) is 5.56 Å². The molecule has 0 aromatic heterocycles. The van der Waals surface area contributed by atoms with Gasteiger partial charge in [-0.3, -0.25) is 0 Å². The van der Waals surface area contributed by atoms with Crippen LogP contribution in [0.5, 0.6) is 0 Å². The van der Waals surface area contributed by atoms with E-state index in [4.69, 9.17) is 5.26 Å². The van der Waals surface area contributed by atoms with Gasteiger partial charge in [0.25, 0.3) is 0 Å². The van der Waals surface area contributed by atoms with Crippen molar-refractivity contribution >= 4 is 0 Å². The van der Waals surface area contributed by atoms with Crippen molar-refractivity contribution in [3.05, 3.63) is 35.4 Å². The Kier molecular flexibility index (Phi) is 3.27. The molecule has 0 aliphatic rings. The van der Waals surface area contributed by atoms with Gasteiger partial charge in [0.1, 0.15) is 0 Å². The molecule has 1 aromatic carbocycles. The Morgan fingerprint density at radius 3 is 2.21 bits per heavy atom. The summed E-state index contributed by atoms with van der Waals surface area (Å²) in [5.41, 5.74) is 2.05. The second-order valence-corrected chi connectivity index (χ2v) is 4.41. The zero-order chi connectivity index (χ0) is 10.6. The average Bonchev–Trinajstić information content (AvgIpc) is 2.14. The van der Waals surface area contributed by atoms with Crippen LogP contribution in [0.3, 0.4) is 0 Å². The molecule has 1 aromatic rings. The van der Waals surface area contributed by atoms with Crippen molar-refractivity contribution in [2.75, 3.05) is 0 Å². The van der Waals surface area contributed by atoms with Crippen LogP contribution in [0, 0.1) is 11.3 Å². The van der Waals surface area contributed by atoms with E-state index in [2.05, 4.69) is 32.2 Å². The third kappa shape index (κ3) is 3.59. The zero-order valence-electron chi connectivity index (χ0n) is 8.96. The van der Waals surface area contributed by atoms with Gasteiger partial charge in [-0.25, -0.2) is 0 Å². The molecule has 0 fully saturated rings. The molecular weight excluding hydrogens is 172 g/mol. The summed E-state index contributed by atoms with van der Waals surface area (Å²) in [5.74, 6) is 0. The lowest BCUT2D eigenvalue weighted by Gasteiger charge is -2.20. The Labute approximate surface area is 85.6 Å². The Morgan fingerprint density at radius 2 is 1.79 bits per heavy atom. The number of hydrogen-bond acceptors (Lipinski definition) is 2. The second kappa shape index (κ2) is 4.26.